The van der Waals surface area contributed by atoms with Gasteiger partial charge < -0.3 is 14.3 Å². The predicted molar refractivity (Wildman–Crippen MR) is 97.8 cm³/mol. The second kappa shape index (κ2) is 8.32. The first-order valence-electron chi connectivity index (χ1n) is 9.80. The Balaban J connectivity index is 1.47. The number of carbonyl (C=O) groups excluding carboxylic acids is 1. The zero-order valence-corrected chi connectivity index (χ0v) is 15.9. The number of rotatable bonds is 5. The van der Waals surface area contributed by atoms with Gasteiger partial charge in [0.2, 0.25) is 0 Å². The Hall–Kier alpha value is -1.40. The summed E-state index contributed by atoms with van der Waals surface area (Å²) >= 11 is 0. The molecule has 0 aliphatic carbocycles. The van der Waals surface area contributed by atoms with Crippen LogP contribution in [-0.2, 0) is 0 Å². The lowest BCUT2D eigenvalue weighted by molar-refractivity contribution is 0.0475. The topological polar surface area (TPSA) is 52.8 Å². The normalized spacial score (nSPS) is 21.2. The second-order valence-corrected chi connectivity index (χ2v) is 7.67. The molecule has 0 bridgehead atoms. The lowest BCUT2D eigenvalue weighted by Crippen LogP contribution is -2.53. The average Bonchev–Trinajstić information content (AvgIpc) is 3.13. The number of carbonyl (C=O) groups is 1. The van der Waals surface area contributed by atoms with E-state index in [0.717, 1.165) is 31.7 Å². The van der Waals surface area contributed by atoms with E-state index in [1.807, 2.05) is 18.7 Å². The Morgan fingerprint density at radius 2 is 1.88 bits per heavy atom. The van der Waals surface area contributed by atoms with Crippen molar-refractivity contribution in [2.75, 3.05) is 45.8 Å². The standard InChI is InChI=1S/C19H32N4O2/c1-4-7-21-10-12-22(13-11-21)16-5-8-23(9-6-16)19(24)17-14-18(15(2)3)25-20-17/h14-16H,4-13H2,1-3H3. The molecule has 1 aromatic rings. The number of hydrogen-bond donors (Lipinski definition) is 0. The smallest absolute Gasteiger partial charge is 0.276 e. The molecule has 25 heavy (non-hydrogen) atoms. The summed E-state index contributed by atoms with van der Waals surface area (Å²) in [4.78, 5) is 19.7. The van der Waals surface area contributed by atoms with Gasteiger partial charge in [0.15, 0.2) is 5.69 Å². The number of piperidine rings is 1. The van der Waals surface area contributed by atoms with Crippen LogP contribution in [0.2, 0.25) is 0 Å². The molecule has 1 amide bonds. The Labute approximate surface area is 151 Å². The summed E-state index contributed by atoms with van der Waals surface area (Å²) in [6.45, 7) is 13.9. The molecule has 3 rings (SSSR count). The molecule has 0 atom stereocenters. The quantitative estimate of drug-likeness (QED) is 0.818. The van der Waals surface area contributed by atoms with Gasteiger partial charge in [0.1, 0.15) is 5.76 Å². The summed E-state index contributed by atoms with van der Waals surface area (Å²) < 4.78 is 5.27. The van der Waals surface area contributed by atoms with Gasteiger partial charge >= 0.3 is 0 Å². The van der Waals surface area contributed by atoms with E-state index in [4.69, 9.17) is 4.52 Å². The van der Waals surface area contributed by atoms with Gasteiger partial charge in [-0.05, 0) is 25.8 Å². The predicted octanol–water partition coefficient (Wildman–Crippen LogP) is 2.43. The van der Waals surface area contributed by atoms with E-state index in [1.54, 1.807) is 6.07 Å². The number of amides is 1. The molecule has 2 fully saturated rings. The summed E-state index contributed by atoms with van der Waals surface area (Å²) in [5.74, 6) is 1.05. The van der Waals surface area contributed by atoms with Crippen molar-refractivity contribution in [2.24, 2.45) is 0 Å². The molecule has 140 valence electrons. The highest BCUT2D eigenvalue weighted by Gasteiger charge is 2.30. The van der Waals surface area contributed by atoms with Crippen LogP contribution >= 0.6 is 0 Å². The molecule has 6 nitrogen and oxygen atoms in total. The number of nitrogens with zero attached hydrogens (tertiary/aromatic N) is 4. The fourth-order valence-electron chi connectivity index (χ4n) is 3.93. The fourth-order valence-corrected chi connectivity index (χ4v) is 3.93. The van der Waals surface area contributed by atoms with E-state index in [1.165, 1.54) is 39.1 Å². The maximum Gasteiger partial charge on any atom is 0.276 e. The number of aromatic nitrogens is 1. The number of hydrogen-bond acceptors (Lipinski definition) is 5. The maximum atomic E-state index is 12.6. The monoisotopic (exact) mass is 348 g/mol. The minimum atomic E-state index is 0.0156. The third-order valence-electron chi connectivity index (χ3n) is 5.53. The minimum Gasteiger partial charge on any atom is -0.360 e. The van der Waals surface area contributed by atoms with Gasteiger partial charge in [-0.3, -0.25) is 9.69 Å². The van der Waals surface area contributed by atoms with Crippen LogP contribution in [-0.4, -0.2) is 77.6 Å². The van der Waals surface area contributed by atoms with Crippen LogP contribution < -0.4 is 0 Å². The molecule has 1 aromatic heterocycles. The number of piperazine rings is 1. The first-order valence-corrected chi connectivity index (χ1v) is 9.80. The molecule has 6 heteroatoms. The lowest BCUT2D eigenvalue weighted by Gasteiger charge is -2.42. The van der Waals surface area contributed by atoms with Crippen molar-refractivity contribution in [1.29, 1.82) is 0 Å². The average molecular weight is 348 g/mol. The third kappa shape index (κ3) is 4.42. The lowest BCUT2D eigenvalue weighted by atomic mass is 10.0. The summed E-state index contributed by atoms with van der Waals surface area (Å²) in [7, 11) is 0. The van der Waals surface area contributed by atoms with Crippen LogP contribution in [0.25, 0.3) is 0 Å². The highest BCUT2D eigenvalue weighted by molar-refractivity contribution is 5.92. The highest BCUT2D eigenvalue weighted by atomic mass is 16.5. The Morgan fingerprint density at radius 1 is 1.20 bits per heavy atom. The fraction of sp³-hybridized carbons (Fsp3) is 0.789. The molecule has 2 aliphatic heterocycles. The van der Waals surface area contributed by atoms with Crippen LogP contribution in [0.15, 0.2) is 10.6 Å². The zero-order chi connectivity index (χ0) is 17.8. The maximum absolute atomic E-state index is 12.6. The summed E-state index contributed by atoms with van der Waals surface area (Å²) in [5.41, 5.74) is 0.454. The molecule has 3 heterocycles. The van der Waals surface area contributed by atoms with Gasteiger partial charge in [0, 0.05) is 57.3 Å². The first-order chi connectivity index (χ1) is 12.1. The summed E-state index contributed by atoms with van der Waals surface area (Å²) in [6.07, 6.45) is 3.36. The van der Waals surface area contributed by atoms with Gasteiger partial charge in [-0.25, -0.2) is 0 Å². The molecule has 0 spiro atoms. The molecular formula is C19H32N4O2. The first kappa shape index (κ1) is 18.4. The SMILES string of the molecule is CCCN1CCN(C2CCN(C(=O)c3cc(C(C)C)on3)CC2)CC1. The van der Waals surface area contributed by atoms with Gasteiger partial charge in [-0.1, -0.05) is 25.9 Å². The Bertz CT molecular complexity index is 556. The van der Waals surface area contributed by atoms with Crippen LogP contribution in [0.1, 0.15) is 62.2 Å². The van der Waals surface area contributed by atoms with Crippen molar-refractivity contribution in [3.63, 3.8) is 0 Å². The van der Waals surface area contributed by atoms with Crippen molar-refractivity contribution in [3.05, 3.63) is 17.5 Å². The van der Waals surface area contributed by atoms with Crippen LogP contribution in [0.3, 0.4) is 0 Å². The van der Waals surface area contributed by atoms with E-state index in [0.29, 0.717) is 11.7 Å². The van der Waals surface area contributed by atoms with Crippen molar-refractivity contribution in [3.8, 4) is 0 Å². The molecule has 2 aliphatic rings. The van der Waals surface area contributed by atoms with Gasteiger partial charge in [0.05, 0.1) is 0 Å². The highest BCUT2D eigenvalue weighted by Crippen LogP contribution is 2.21. The largest absolute Gasteiger partial charge is 0.360 e. The Kier molecular flexibility index (Phi) is 6.12. The van der Waals surface area contributed by atoms with Crippen molar-refractivity contribution >= 4 is 5.91 Å². The summed E-state index contributed by atoms with van der Waals surface area (Å²) in [5, 5.41) is 3.97. The van der Waals surface area contributed by atoms with E-state index in [-0.39, 0.29) is 11.8 Å². The Morgan fingerprint density at radius 3 is 2.44 bits per heavy atom. The van der Waals surface area contributed by atoms with E-state index in [2.05, 4.69) is 21.9 Å². The van der Waals surface area contributed by atoms with E-state index in [9.17, 15) is 4.79 Å². The van der Waals surface area contributed by atoms with E-state index < -0.39 is 0 Å². The molecule has 0 radical (unpaired) electrons. The number of likely N-dealkylation sites (tertiary alicyclic amines) is 1. The molecule has 0 unspecified atom stereocenters. The molecule has 2 saturated heterocycles. The molecule has 0 N–H and O–H groups in total. The van der Waals surface area contributed by atoms with Crippen LogP contribution in [0, 0.1) is 0 Å². The van der Waals surface area contributed by atoms with Gasteiger partial charge in [-0.2, -0.15) is 0 Å². The third-order valence-corrected chi connectivity index (χ3v) is 5.53. The second-order valence-electron chi connectivity index (χ2n) is 7.67. The van der Waals surface area contributed by atoms with Gasteiger partial charge in [-0.15, -0.1) is 0 Å². The van der Waals surface area contributed by atoms with Crippen LogP contribution in [0.4, 0.5) is 0 Å². The summed E-state index contributed by atoms with van der Waals surface area (Å²) in [6, 6.07) is 2.42. The van der Waals surface area contributed by atoms with Crippen molar-refractivity contribution in [1.82, 2.24) is 19.9 Å². The van der Waals surface area contributed by atoms with E-state index >= 15 is 0 Å². The molecule has 0 saturated carbocycles. The van der Waals surface area contributed by atoms with Crippen molar-refractivity contribution < 1.29 is 9.32 Å². The molecular weight excluding hydrogens is 316 g/mol. The van der Waals surface area contributed by atoms with Crippen LogP contribution in [0.5, 0.6) is 0 Å². The minimum absolute atomic E-state index is 0.0156. The van der Waals surface area contributed by atoms with Gasteiger partial charge in [0.25, 0.3) is 5.91 Å². The van der Waals surface area contributed by atoms with Crippen molar-refractivity contribution in [2.45, 2.75) is 52.0 Å². The molecule has 0 aromatic carbocycles. The zero-order valence-electron chi connectivity index (χ0n) is 15.9.